The van der Waals surface area contributed by atoms with Gasteiger partial charge in [-0.25, -0.2) is 0 Å². The Balaban J connectivity index is 2.61. The normalized spacial score (nSPS) is 14.7. The van der Waals surface area contributed by atoms with E-state index in [-0.39, 0.29) is 11.2 Å². The van der Waals surface area contributed by atoms with E-state index in [0.717, 1.165) is 23.3 Å². The van der Waals surface area contributed by atoms with Crippen LogP contribution in [0.15, 0.2) is 35.9 Å². The van der Waals surface area contributed by atoms with E-state index in [1.807, 2.05) is 25.1 Å². The third-order valence-electron chi connectivity index (χ3n) is 3.91. The Bertz CT molecular complexity index is 613. The van der Waals surface area contributed by atoms with E-state index in [0.29, 0.717) is 6.42 Å². The Morgan fingerprint density at radius 3 is 2.57 bits per heavy atom. The maximum Gasteiger partial charge on any atom is 0.163 e. The molecule has 1 aliphatic rings. The van der Waals surface area contributed by atoms with Crippen LogP contribution in [0.25, 0.3) is 5.57 Å². The molecule has 2 rings (SSSR count). The Labute approximate surface area is 127 Å². The highest BCUT2D eigenvalue weighted by atomic mass is 16.5. The summed E-state index contributed by atoms with van der Waals surface area (Å²) in [6.45, 7) is 8.53. The molecule has 0 aliphatic heterocycles. The van der Waals surface area contributed by atoms with Crippen LogP contribution in [-0.4, -0.2) is 12.9 Å². The number of carbonyl (C=O) groups excluding carboxylic acids is 1. The number of benzene rings is 1. The number of ether oxygens (including phenoxy) is 1. The van der Waals surface area contributed by atoms with Crippen LogP contribution < -0.4 is 4.74 Å². The molecule has 21 heavy (non-hydrogen) atoms. The highest BCUT2D eigenvalue weighted by Gasteiger charge is 2.25. The van der Waals surface area contributed by atoms with E-state index in [9.17, 15) is 4.79 Å². The number of carbonyl (C=O) groups is 1. The number of methoxy groups -OCH3 is 1. The monoisotopic (exact) mass is 284 g/mol. The first-order valence-electron chi connectivity index (χ1n) is 7.50. The molecule has 2 heteroatoms. The van der Waals surface area contributed by atoms with Gasteiger partial charge >= 0.3 is 0 Å². The van der Waals surface area contributed by atoms with E-state index in [4.69, 9.17) is 4.74 Å². The van der Waals surface area contributed by atoms with Gasteiger partial charge in [0, 0.05) is 12.0 Å². The van der Waals surface area contributed by atoms with Gasteiger partial charge in [0.2, 0.25) is 0 Å². The third kappa shape index (κ3) is 3.10. The number of rotatable bonds is 4. The number of ketones is 1. The lowest BCUT2D eigenvalue weighted by molar-refractivity contribution is 0.0987. The Kier molecular flexibility index (Phi) is 4.36. The fourth-order valence-corrected chi connectivity index (χ4v) is 2.80. The van der Waals surface area contributed by atoms with Gasteiger partial charge in [0.25, 0.3) is 0 Å². The molecular formula is C19H24O2. The summed E-state index contributed by atoms with van der Waals surface area (Å²) in [5.74, 6) is 0.899. The average molecular weight is 284 g/mol. The minimum Gasteiger partial charge on any atom is -0.497 e. The zero-order valence-corrected chi connectivity index (χ0v) is 13.6. The molecule has 0 saturated carbocycles. The Morgan fingerprint density at radius 2 is 2.00 bits per heavy atom. The lowest BCUT2D eigenvalue weighted by atomic mass is 9.82. The van der Waals surface area contributed by atoms with Crippen LogP contribution in [0, 0.1) is 5.41 Å². The predicted molar refractivity (Wildman–Crippen MR) is 87.7 cm³/mol. The predicted octanol–water partition coefficient (Wildman–Crippen LogP) is 5.05. The highest BCUT2D eigenvalue weighted by Crippen LogP contribution is 2.41. The van der Waals surface area contributed by atoms with Crippen molar-refractivity contribution in [2.24, 2.45) is 5.41 Å². The highest BCUT2D eigenvalue weighted by molar-refractivity contribution is 6.01. The Hall–Kier alpha value is -1.83. The fraction of sp³-hybridized carbons (Fsp3) is 0.421. The van der Waals surface area contributed by atoms with Gasteiger partial charge in [0.15, 0.2) is 5.78 Å². The molecule has 112 valence electrons. The summed E-state index contributed by atoms with van der Waals surface area (Å²) in [5.41, 5.74) is 4.49. The molecule has 2 nitrogen and oxygen atoms in total. The minimum atomic E-state index is 0.0782. The molecular weight excluding hydrogens is 260 g/mol. The number of allylic oxidation sites excluding steroid dienone is 4. The van der Waals surface area contributed by atoms with Crippen molar-refractivity contribution in [3.8, 4) is 5.75 Å². The quantitative estimate of drug-likeness (QED) is 0.723. The molecule has 0 bridgehead atoms. The van der Waals surface area contributed by atoms with E-state index in [1.165, 1.54) is 11.1 Å². The molecule has 0 radical (unpaired) electrons. The van der Waals surface area contributed by atoms with Crippen LogP contribution in [0.1, 0.15) is 56.5 Å². The summed E-state index contributed by atoms with van der Waals surface area (Å²) in [7, 11) is 1.63. The lowest BCUT2D eigenvalue weighted by Crippen LogP contribution is -2.10. The van der Waals surface area contributed by atoms with Gasteiger partial charge in [-0.3, -0.25) is 4.79 Å². The minimum absolute atomic E-state index is 0.0782. The first-order valence-corrected chi connectivity index (χ1v) is 7.50. The zero-order valence-electron chi connectivity index (χ0n) is 13.6. The second kappa shape index (κ2) is 5.88. The summed E-state index contributed by atoms with van der Waals surface area (Å²) in [5, 5.41) is 0. The molecule has 0 unspecified atom stereocenters. The topological polar surface area (TPSA) is 26.3 Å². The first kappa shape index (κ1) is 15.6. The summed E-state index contributed by atoms with van der Waals surface area (Å²) in [6, 6.07) is 5.83. The van der Waals surface area contributed by atoms with Gasteiger partial charge in [0.05, 0.1) is 7.11 Å². The van der Waals surface area contributed by atoms with E-state index in [1.54, 1.807) is 7.11 Å². The van der Waals surface area contributed by atoms with Gasteiger partial charge < -0.3 is 4.74 Å². The molecule has 0 saturated heterocycles. The Morgan fingerprint density at radius 1 is 1.29 bits per heavy atom. The van der Waals surface area contributed by atoms with Crippen LogP contribution >= 0.6 is 0 Å². The van der Waals surface area contributed by atoms with Crippen molar-refractivity contribution in [1.29, 1.82) is 0 Å². The maximum atomic E-state index is 12.3. The maximum absolute atomic E-state index is 12.3. The molecule has 0 heterocycles. The van der Waals surface area contributed by atoms with Gasteiger partial charge in [0.1, 0.15) is 5.75 Å². The summed E-state index contributed by atoms with van der Waals surface area (Å²) in [6.07, 6.45) is 5.77. The zero-order chi connectivity index (χ0) is 15.6. The number of hydrogen-bond donors (Lipinski definition) is 0. The lowest BCUT2D eigenvalue weighted by Gasteiger charge is -2.23. The first-order chi connectivity index (χ1) is 9.88. The van der Waals surface area contributed by atoms with Crippen molar-refractivity contribution in [1.82, 2.24) is 0 Å². The van der Waals surface area contributed by atoms with Crippen molar-refractivity contribution < 1.29 is 9.53 Å². The molecule has 0 fully saturated rings. The molecule has 1 aromatic carbocycles. The fourth-order valence-electron chi connectivity index (χ4n) is 2.80. The third-order valence-corrected chi connectivity index (χ3v) is 3.91. The van der Waals surface area contributed by atoms with Gasteiger partial charge in [-0.2, -0.15) is 0 Å². The van der Waals surface area contributed by atoms with E-state index in [2.05, 4.69) is 32.9 Å². The molecule has 1 aromatic rings. The number of hydrogen-bond acceptors (Lipinski definition) is 2. The summed E-state index contributed by atoms with van der Waals surface area (Å²) >= 11 is 0. The summed E-state index contributed by atoms with van der Waals surface area (Å²) < 4.78 is 5.28. The molecule has 0 spiro atoms. The van der Waals surface area contributed by atoms with Crippen LogP contribution in [0.2, 0.25) is 0 Å². The second-order valence-corrected chi connectivity index (χ2v) is 6.44. The van der Waals surface area contributed by atoms with E-state index < -0.39 is 0 Å². The average Bonchev–Trinajstić information content (AvgIpc) is 2.95. The smallest absolute Gasteiger partial charge is 0.163 e. The van der Waals surface area contributed by atoms with Gasteiger partial charge in [-0.1, -0.05) is 45.9 Å². The van der Waals surface area contributed by atoms with Crippen molar-refractivity contribution in [2.75, 3.05) is 7.11 Å². The van der Waals surface area contributed by atoms with Crippen LogP contribution in [0.3, 0.4) is 0 Å². The van der Waals surface area contributed by atoms with Crippen LogP contribution in [0.5, 0.6) is 5.75 Å². The molecule has 0 aromatic heterocycles. The van der Waals surface area contributed by atoms with Crippen molar-refractivity contribution in [3.63, 3.8) is 0 Å². The SMILES string of the molecule is CCC(=O)c1cc(OC)ccc1C1=C(C(C)(C)C)C=CC1. The van der Waals surface area contributed by atoms with Gasteiger partial charge in [-0.05, 0) is 40.7 Å². The molecule has 0 atom stereocenters. The van der Waals surface area contributed by atoms with Crippen molar-refractivity contribution in [2.45, 2.75) is 40.5 Å². The largest absolute Gasteiger partial charge is 0.497 e. The van der Waals surface area contributed by atoms with Gasteiger partial charge in [-0.15, -0.1) is 0 Å². The summed E-state index contributed by atoms with van der Waals surface area (Å²) in [4.78, 5) is 12.3. The molecule has 1 aliphatic carbocycles. The molecule has 0 amide bonds. The number of Topliss-reactive ketones (excluding diaryl/α,β-unsaturated/α-hetero) is 1. The van der Waals surface area contributed by atoms with E-state index >= 15 is 0 Å². The standard InChI is InChI=1S/C19H24O2/c1-6-18(20)16-12-13(21-5)10-11-14(16)15-8-7-9-17(15)19(2,3)4/h7,9-12H,6,8H2,1-5H3. The van der Waals surface area contributed by atoms with Crippen LogP contribution in [-0.2, 0) is 0 Å². The second-order valence-electron chi connectivity index (χ2n) is 6.44. The van der Waals surface area contributed by atoms with Crippen molar-refractivity contribution >= 4 is 11.4 Å². The van der Waals surface area contributed by atoms with Crippen molar-refractivity contribution in [3.05, 3.63) is 47.1 Å². The molecule has 0 N–H and O–H groups in total. The van der Waals surface area contributed by atoms with Crippen LogP contribution in [0.4, 0.5) is 0 Å².